The topological polar surface area (TPSA) is 205 Å². The highest BCUT2D eigenvalue weighted by Gasteiger charge is 2.74. The van der Waals surface area contributed by atoms with Crippen LogP contribution in [-0.4, -0.2) is 108 Å². The third-order valence-electron chi connectivity index (χ3n) is 8.44. The Morgan fingerprint density at radius 3 is 2.52 bits per heavy atom. The number of hydrogen-bond donors (Lipinski definition) is 7. The van der Waals surface area contributed by atoms with E-state index in [1.165, 1.54) is 11.0 Å². The number of carbonyl (C=O) groups excluding carboxylic acids is 4. The lowest BCUT2D eigenvalue weighted by Gasteiger charge is -2.49. The minimum Gasteiger partial charge on any atom is -0.506 e. The number of nitrogens with one attached hydrogen (secondary N) is 4. The molecule has 4 amide bonds. The molecular weight excluding hydrogens is 669 g/mol. The van der Waals surface area contributed by atoms with Crippen LogP contribution in [0.25, 0.3) is 10.8 Å². The fourth-order valence-electron chi connectivity index (χ4n) is 6.39. The quantitative estimate of drug-likeness (QED) is 0.129. The van der Waals surface area contributed by atoms with Gasteiger partial charge in [-0.05, 0) is 11.5 Å². The molecule has 18 heteroatoms. The molecule has 2 aromatic carbocycles. The molecule has 46 heavy (non-hydrogen) atoms. The van der Waals surface area contributed by atoms with Crippen LogP contribution in [-0.2, 0) is 14.3 Å². The third kappa shape index (κ3) is 5.31. The van der Waals surface area contributed by atoms with Crippen molar-refractivity contribution in [3.8, 4) is 5.75 Å². The number of alkyl carbamates (subject to hydrolysis) is 1. The van der Waals surface area contributed by atoms with Gasteiger partial charge in [-0.1, -0.05) is 71.7 Å². The summed E-state index contributed by atoms with van der Waals surface area (Å²) in [6.07, 6.45) is -1.11. The van der Waals surface area contributed by atoms with Crippen LogP contribution in [0.4, 0.5) is 4.79 Å². The zero-order chi connectivity index (χ0) is 33.2. The molecule has 1 spiro atoms. The molecule has 0 aromatic heterocycles. The first-order valence-corrected chi connectivity index (χ1v) is 15.1. The molecule has 0 saturated carbocycles. The Bertz CT molecular complexity index is 1680. The van der Waals surface area contributed by atoms with E-state index in [0.717, 1.165) is 4.90 Å². The van der Waals surface area contributed by atoms with Crippen molar-refractivity contribution in [3.05, 3.63) is 54.4 Å². The molecule has 4 aliphatic rings. The second-order valence-electron chi connectivity index (χ2n) is 11.3. The van der Waals surface area contributed by atoms with Gasteiger partial charge < -0.3 is 40.9 Å². The maximum atomic E-state index is 13.5. The van der Waals surface area contributed by atoms with Crippen molar-refractivity contribution >= 4 is 75.3 Å². The summed E-state index contributed by atoms with van der Waals surface area (Å²) in [5, 5.41) is 46.7. The van der Waals surface area contributed by atoms with Crippen molar-refractivity contribution < 1.29 is 39.2 Å². The number of rotatable bonds is 5. The number of fused-ring (bicyclic) bond motifs is 1. The number of carbonyl (C=O) groups is 4. The fourth-order valence-corrected chi connectivity index (χ4v) is 6.56. The Kier molecular flexibility index (Phi) is 7.88. The number of aliphatic hydroxyl groups is 2. The third-order valence-corrected chi connectivity index (χ3v) is 8.77. The lowest BCUT2D eigenvalue weighted by molar-refractivity contribution is -0.231. The highest BCUT2D eigenvalue weighted by molar-refractivity contribution is 6.67. The highest BCUT2D eigenvalue weighted by Crippen LogP contribution is 2.45. The molecule has 6 rings (SSSR count). The fraction of sp³-hybridized carbons (Fsp3) is 0.393. The Morgan fingerprint density at radius 2 is 1.83 bits per heavy atom. The van der Waals surface area contributed by atoms with E-state index in [9.17, 15) is 34.5 Å². The molecule has 2 aromatic rings. The number of aliphatic imine (C=N–C) groups is 1. The molecule has 4 heterocycles. The van der Waals surface area contributed by atoms with Gasteiger partial charge >= 0.3 is 6.09 Å². The molecule has 244 valence electrons. The molecule has 4 atom stereocenters. The average Bonchev–Trinajstić information content (AvgIpc) is 3.58. The Hall–Kier alpha value is -4.02. The van der Waals surface area contributed by atoms with Crippen molar-refractivity contribution in [3.63, 3.8) is 0 Å². The average molecular weight is 697 g/mol. The molecule has 0 bridgehead atoms. The van der Waals surface area contributed by atoms with Crippen LogP contribution in [0.3, 0.4) is 0 Å². The highest BCUT2D eigenvalue weighted by atomic mass is 35.6. The van der Waals surface area contributed by atoms with Gasteiger partial charge in [-0.3, -0.25) is 24.6 Å². The monoisotopic (exact) mass is 695 g/mol. The predicted octanol–water partition coefficient (Wildman–Crippen LogP) is 0.353. The minimum atomic E-state index is -2.84. The number of imide groups is 1. The van der Waals surface area contributed by atoms with Gasteiger partial charge in [0.25, 0.3) is 5.91 Å². The van der Waals surface area contributed by atoms with Gasteiger partial charge in [-0.2, -0.15) is 0 Å². The second kappa shape index (κ2) is 11.3. The summed E-state index contributed by atoms with van der Waals surface area (Å²) >= 11 is 17.1. The van der Waals surface area contributed by atoms with E-state index in [1.807, 2.05) is 0 Å². The van der Waals surface area contributed by atoms with Crippen LogP contribution in [0.1, 0.15) is 23.2 Å². The van der Waals surface area contributed by atoms with E-state index in [1.54, 1.807) is 30.3 Å². The number of benzene rings is 2. The zero-order valence-corrected chi connectivity index (χ0v) is 26.1. The molecule has 0 radical (unpaired) electrons. The molecular formula is C28H28Cl3N7O8. The van der Waals surface area contributed by atoms with Crippen LogP contribution >= 0.6 is 34.8 Å². The van der Waals surface area contributed by atoms with Gasteiger partial charge in [0.05, 0.1) is 30.0 Å². The number of phenolic OH excluding ortho intramolecular Hbond substituents is 1. The van der Waals surface area contributed by atoms with E-state index in [0.29, 0.717) is 10.8 Å². The lowest BCUT2D eigenvalue weighted by atomic mass is 9.85. The predicted molar refractivity (Wildman–Crippen MR) is 165 cm³/mol. The summed E-state index contributed by atoms with van der Waals surface area (Å²) in [6.45, 7) is 2.58. The number of guanidine groups is 1. The molecule has 7 N–H and O–H groups in total. The SMILES string of the molecule is C=C1N[C@H]2[C@H](CN3C(=O)CCC3=O)N=C(NC(=O)OCC(Cl)(Cl)Cl)N3C[C@H](NC(=O)c4ccc5ccccc5c4O)C(O)(O)[C@]23N1. The first-order valence-electron chi connectivity index (χ1n) is 14.0. The molecule has 3 fully saturated rings. The van der Waals surface area contributed by atoms with E-state index in [2.05, 4.69) is 32.8 Å². The number of halogens is 3. The number of amides is 4. The summed E-state index contributed by atoms with van der Waals surface area (Å²) in [5.74, 6) is -4.99. The van der Waals surface area contributed by atoms with Crippen molar-refractivity contribution in [1.29, 1.82) is 0 Å². The number of phenols is 1. The van der Waals surface area contributed by atoms with E-state index < -0.39 is 63.8 Å². The molecule has 15 nitrogen and oxygen atoms in total. The van der Waals surface area contributed by atoms with Gasteiger partial charge in [0.1, 0.15) is 18.4 Å². The van der Waals surface area contributed by atoms with Crippen LogP contribution in [0.5, 0.6) is 5.75 Å². The number of alkyl halides is 3. The van der Waals surface area contributed by atoms with Gasteiger partial charge in [0, 0.05) is 24.8 Å². The molecule has 0 unspecified atom stereocenters. The smallest absolute Gasteiger partial charge is 0.414 e. The van der Waals surface area contributed by atoms with Gasteiger partial charge in [-0.25, -0.2) is 9.79 Å². The number of nitrogens with zero attached hydrogens (tertiary/aromatic N) is 3. The van der Waals surface area contributed by atoms with Gasteiger partial charge in [-0.15, -0.1) is 0 Å². The summed E-state index contributed by atoms with van der Waals surface area (Å²) in [6, 6.07) is 6.27. The largest absolute Gasteiger partial charge is 0.506 e. The first-order chi connectivity index (χ1) is 21.6. The van der Waals surface area contributed by atoms with Crippen molar-refractivity contribution in [2.45, 2.75) is 46.2 Å². The summed E-state index contributed by atoms with van der Waals surface area (Å²) in [5.41, 5.74) is -2.11. The molecule has 4 aliphatic heterocycles. The number of ether oxygens (including phenoxy) is 1. The van der Waals surface area contributed by atoms with Crippen molar-refractivity contribution in [2.75, 3.05) is 19.7 Å². The summed E-state index contributed by atoms with van der Waals surface area (Å²) in [7, 11) is 0. The van der Waals surface area contributed by atoms with Gasteiger partial charge in [0.2, 0.25) is 27.4 Å². The standard InChI is InChI=1S/C28H28Cl3N7O8/c1-13-32-22-17(10-37-19(39)8-9-20(37)40)33-24(35-25(43)46-12-26(29,30)31)38-11-18(28(44,45)27(22,38)36-13)34-23(42)16-7-6-14-4-2-3-5-15(14)21(16)41/h2-7,17-18,22,32,36,41,44-45H,1,8-12H2,(H,34,42)(H,33,35,43)/t17-,18-,22-,27-/m0/s1. The first kappa shape index (κ1) is 31.9. The normalized spacial score (nSPS) is 26.7. The molecule has 0 aliphatic carbocycles. The minimum absolute atomic E-state index is 0.00368. The number of likely N-dealkylation sites (tertiary alicyclic amines) is 1. The Labute approximate surface area is 276 Å². The summed E-state index contributed by atoms with van der Waals surface area (Å²) < 4.78 is 3.06. The Balaban J connectivity index is 1.36. The molecule has 3 saturated heterocycles. The van der Waals surface area contributed by atoms with Gasteiger partial charge in [0.15, 0.2) is 5.66 Å². The number of aromatic hydroxyl groups is 1. The summed E-state index contributed by atoms with van der Waals surface area (Å²) in [4.78, 5) is 58.2. The lowest BCUT2D eigenvalue weighted by Crippen LogP contribution is -2.78. The number of hydrogen-bond acceptors (Lipinski definition) is 12. The maximum Gasteiger partial charge on any atom is 0.414 e. The van der Waals surface area contributed by atoms with E-state index in [-0.39, 0.29) is 49.0 Å². The van der Waals surface area contributed by atoms with Crippen LogP contribution in [0.15, 0.2) is 53.8 Å². The second-order valence-corrected chi connectivity index (χ2v) is 13.8. The zero-order valence-electron chi connectivity index (χ0n) is 23.8. The van der Waals surface area contributed by atoms with Crippen molar-refractivity contribution in [2.24, 2.45) is 4.99 Å². The maximum absolute atomic E-state index is 13.5. The Morgan fingerprint density at radius 1 is 1.13 bits per heavy atom. The van der Waals surface area contributed by atoms with E-state index in [4.69, 9.17) is 39.5 Å². The van der Waals surface area contributed by atoms with Crippen LogP contribution in [0.2, 0.25) is 0 Å². The van der Waals surface area contributed by atoms with Crippen LogP contribution in [0, 0.1) is 0 Å². The van der Waals surface area contributed by atoms with Crippen LogP contribution < -0.4 is 21.3 Å². The van der Waals surface area contributed by atoms with Crippen molar-refractivity contribution in [1.82, 2.24) is 31.1 Å². The van der Waals surface area contributed by atoms with E-state index >= 15 is 0 Å².